The number of aliphatic hydroxyl groups excluding tert-OH is 1. The van der Waals surface area contributed by atoms with Crippen molar-refractivity contribution in [3.05, 3.63) is 77.4 Å². The lowest BCUT2D eigenvalue weighted by atomic mass is 9.99. The quantitative estimate of drug-likeness (QED) is 0.305. The maximum Gasteiger partial charge on any atom is 0.416 e. The van der Waals surface area contributed by atoms with Crippen LogP contribution in [-0.2, 0) is 12.7 Å². The minimum Gasteiger partial charge on any atom is -0.488 e. The van der Waals surface area contributed by atoms with Crippen molar-refractivity contribution in [2.75, 3.05) is 44.2 Å². The van der Waals surface area contributed by atoms with Crippen molar-refractivity contribution in [1.82, 2.24) is 9.80 Å². The highest BCUT2D eigenvalue weighted by Crippen LogP contribution is 2.34. The number of benzene rings is 3. The molecule has 3 N–H and O–H groups in total. The average Bonchev–Trinajstić information content (AvgIpc) is 3.46. The Morgan fingerprint density at radius 3 is 2.40 bits per heavy atom. The molecule has 2 aliphatic heterocycles. The van der Waals surface area contributed by atoms with Gasteiger partial charge in [0.2, 0.25) is 6.79 Å². The SMILES string of the molecule is C[C@H](CO)N1C[C@H](C)[C@@H](CN(C)Cc2ccc3c(c2)OCO3)Oc2ccc(NC(=O)Nc3ccc(C(F)(F)F)cc3)cc2C1=O. The number of ether oxygens (including phenoxy) is 3. The van der Waals surface area contributed by atoms with Crippen LogP contribution in [0.15, 0.2) is 60.7 Å². The Hall–Kier alpha value is -4.49. The van der Waals surface area contributed by atoms with Crippen LogP contribution in [0.1, 0.15) is 35.3 Å². The molecule has 2 heterocycles. The second-order valence-corrected chi connectivity index (χ2v) is 11.4. The minimum absolute atomic E-state index is 0.0948. The summed E-state index contributed by atoms with van der Waals surface area (Å²) in [4.78, 5) is 30.1. The molecule has 3 amide bonds. The molecule has 3 aromatic rings. The summed E-state index contributed by atoms with van der Waals surface area (Å²) < 4.78 is 55.9. The van der Waals surface area contributed by atoms with E-state index < -0.39 is 23.8 Å². The first-order chi connectivity index (χ1) is 21.4. The van der Waals surface area contributed by atoms with Crippen LogP contribution in [-0.4, -0.2) is 72.5 Å². The molecule has 0 spiro atoms. The Labute approximate surface area is 258 Å². The molecule has 3 aromatic carbocycles. The van der Waals surface area contributed by atoms with Crippen molar-refractivity contribution in [2.45, 2.75) is 38.7 Å². The molecule has 0 saturated heterocycles. The van der Waals surface area contributed by atoms with Crippen molar-refractivity contribution >= 4 is 23.3 Å². The summed E-state index contributed by atoms with van der Waals surface area (Å²) in [5, 5.41) is 15.0. The number of hydrogen-bond donors (Lipinski definition) is 3. The number of anilines is 2. The molecule has 0 saturated carbocycles. The van der Waals surface area contributed by atoms with Gasteiger partial charge in [0.05, 0.1) is 23.8 Å². The standard InChI is InChI=1S/C32H35F3N4O6/c1-19-14-39(20(2)17-40)30(41)25-13-24(37-31(42)36-23-7-5-22(6-8-23)32(33,34)35)9-11-26(25)45-29(19)16-38(3)15-21-4-10-27-28(12-21)44-18-43-27/h4-13,19-20,29,40H,14-18H2,1-3H3,(H2,36,37,42)/t19-,20+,29+/m0/s1. The van der Waals surface area contributed by atoms with Gasteiger partial charge in [-0.15, -0.1) is 0 Å². The number of aliphatic hydroxyl groups is 1. The highest BCUT2D eigenvalue weighted by Gasteiger charge is 2.34. The fourth-order valence-electron chi connectivity index (χ4n) is 5.28. The molecule has 3 atom stereocenters. The topological polar surface area (TPSA) is 113 Å². The molecular formula is C32H35F3N4O6. The highest BCUT2D eigenvalue weighted by molar-refractivity contribution is 6.02. The number of nitrogens with zero attached hydrogens (tertiary/aromatic N) is 2. The minimum atomic E-state index is -4.49. The zero-order valence-corrected chi connectivity index (χ0v) is 25.1. The molecule has 0 aromatic heterocycles. The first-order valence-corrected chi connectivity index (χ1v) is 14.5. The molecule has 0 aliphatic carbocycles. The largest absolute Gasteiger partial charge is 0.488 e. The number of amides is 3. The Bertz CT molecular complexity index is 1530. The summed E-state index contributed by atoms with van der Waals surface area (Å²) >= 11 is 0. The third-order valence-electron chi connectivity index (χ3n) is 7.77. The molecule has 45 heavy (non-hydrogen) atoms. The van der Waals surface area contributed by atoms with Gasteiger partial charge < -0.3 is 34.9 Å². The van der Waals surface area contributed by atoms with Crippen LogP contribution >= 0.6 is 0 Å². The Balaban J connectivity index is 1.32. The Morgan fingerprint density at radius 1 is 1.02 bits per heavy atom. The van der Waals surface area contributed by atoms with Crippen molar-refractivity contribution in [2.24, 2.45) is 5.92 Å². The molecule has 0 bridgehead atoms. The maximum atomic E-state index is 13.7. The average molecular weight is 629 g/mol. The van der Waals surface area contributed by atoms with E-state index in [2.05, 4.69) is 15.5 Å². The summed E-state index contributed by atoms with van der Waals surface area (Å²) in [6, 6.07) is 13.4. The summed E-state index contributed by atoms with van der Waals surface area (Å²) in [5.41, 5.74) is 0.851. The summed E-state index contributed by atoms with van der Waals surface area (Å²) in [6.45, 7) is 5.18. The van der Waals surface area contributed by atoms with Gasteiger partial charge in [-0.1, -0.05) is 13.0 Å². The fraction of sp³-hybridized carbons (Fsp3) is 0.375. The van der Waals surface area contributed by atoms with E-state index in [-0.39, 0.29) is 48.3 Å². The van der Waals surface area contributed by atoms with E-state index in [1.54, 1.807) is 24.0 Å². The number of fused-ring (bicyclic) bond motifs is 2. The molecule has 0 unspecified atom stereocenters. The highest BCUT2D eigenvalue weighted by atomic mass is 19.4. The van der Waals surface area contributed by atoms with Gasteiger partial charge in [-0.25, -0.2) is 4.79 Å². The van der Waals surface area contributed by atoms with Gasteiger partial charge >= 0.3 is 12.2 Å². The first kappa shape index (κ1) is 31.9. The molecule has 10 nitrogen and oxygen atoms in total. The van der Waals surface area contributed by atoms with Crippen molar-refractivity contribution in [1.29, 1.82) is 0 Å². The third-order valence-corrected chi connectivity index (χ3v) is 7.77. The monoisotopic (exact) mass is 628 g/mol. The number of hydrogen-bond acceptors (Lipinski definition) is 7. The number of halogens is 3. The second-order valence-electron chi connectivity index (χ2n) is 11.4. The molecule has 0 fully saturated rings. The number of carbonyl (C=O) groups excluding carboxylic acids is 2. The van der Waals surface area contributed by atoms with Crippen LogP contribution in [0.3, 0.4) is 0 Å². The van der Waals surface area contributed by atoms with Crippen molar-refractivity contribution in [3.63, 3.8) is 0 Å². The smallest absolute Gasteiger partial charge is 0.416 e. The van der Waals surface area contributed by atoms with Crippen LogP contribution in [0, 0.1) is 5.92 Å². The van der Waals surface area contributed by atoms with Crippen LogP contribution < -0.4 is 24.8 Å². The number of urea groups is 1. The zero-order chi connectivity index (χ0) is 32.3. The van der Waals surface area contributed by atoms with Crippen molar-refractivity contribution < 1.29 is 42.1 Å². The molecule has 0 radical (unpaired) electrons. The molecular weight excluding hydrogens is 593 g/mol. The van der Waals surface area contributed by atoms with Crippen LogP contribution in [0.2, 0.25) is 0 Å². The zero-order valence-electron chi connectivity index (χ0n) is 25.1. The Morgan fingerprint density at radius 2 is 1.69 bits per heavy atom. The predicted octanol–water partition coefficient (Wildman–Crippen LogP) is 5.43. The fourth-order valence-corrected chi connectivity index (χ4v) is 5.28. The van der Waals surface area contributed by atoms with Gasteiger partial charge in [0.25, 0.3) is 5.91 Å². The summed E-state index contributed by atoms with van der Waals surface area (Å²) in [7, 11) is 1.97. The van der Waals surface area contributed by atoms with E-state index in [0.717, 1.165) is 29.8 Å². The van der Waals surface area contributed by atoms with Crippen LogP contribution in [0.5, 0.6) is 17.2 Å². The number of carbonyl (C=O) groups is 2. The number of nitrogens with one attached hydrogen (secondary N) is 2. The van der Waals surface area contributed by atoms with E-state index in [9.17, 15) is 27.9 Å². The summed E-state index contributed by atoms with van der Waals surface area (Å²) in [5.74, 6) is 1.29. The van der Waals surface area contributed by atoms with Gasteiger partial charge in [-0.3, -0.25) is 9.69 Å². The lowest BCUT2D eigenvalue weighted by Crippen LogP contribution is -2.49. The van der Waals surface area contributed by atoms with E-state index in [1.807, 2.05) is 32.2 Å². The van der Waals surface area contributed by atoms with E-state index in [0.29, 0.717) is 36.9 Å². The van der Waals surface area contributed by atoms with Gasteiger partial charge in [0.1, 0.15) is 11.9 Å². The van der Waals surface area contributed by atoms with Gasteiger partial charge in [0, 0.05) is 36.9 Å². The van der Waals surface area contributed by atoms with Crippen LogP contribution in [0.4, 0.5) is 29.3 Å². The maximum absolute atomic E-state index is 13.7. The molecule has 2 aliphatic rings. The predicted molar refractivity (Wildman–Crippen MR) is 161 cm³/mol. The van der Waals surface area contributed by atoms with Gasteiger partial charge in [-0.05, 0) is 74.1 Å². The van der Waals surface area contributed by atoms with Crippen LogP contribution in [0.25, 0.3) is 0 Å². The summed E-state index contributed by atoms with van der Waals surface area (Å²) in [6.07, 6.45) is -4.82. The second kappa shape index (κ2) is 13.2. The van der Waals surface area contributed by atoms with Gasteiger partial charge in [-0.2, -0.15) is 13.2 Å². The Kier molecular flexibility index (Phi) is 9.40. The van der Waals surface area contributed by atoms with Gasteiger partial charge in [0.15, 0.2) is 11.5 Å². The number of rotatable bonds is 8. The first-order valence-electron chi connectivity index (χ1n) is 14.5. The number of likely N-dealkylation sites (N-methyl/N-ethyl adjacent to an activating group) is 1. The molecule has 13 heteroatoms. The molecule has 240 valence electrons. The van der Waals surface area contributed by atoms with E-state index in [4.69, 9.17) is 14.2 Å². The third kappa shape index (κ3) is 7.60. The lowest BCUT2D eigenvalue weighted by Gasteiger charge is -2.38. The molecule has 5 rings (SSSR count). The lowest BCUT2D eigenvalue weighted by molar-refractivity contribution is -0.137. The number of alkyl halides is 3. The normalized spacial score (nSPS) is 18.5. The van der Waals surface area contributed by atoms with Crippen molar-refractivity contribution in [3.8, 4) is 17.2 Å². The van der Waals surface area contributed by atoms with E-state index >= 15 is 0 Å². The van der Waals surface area contributed by atoms with E-state index in [1.165, 1.54) is 6.07 Å².